The summed E-state index contributed by atoms with van der Waals surface area (Å²) >= 11 is 0. The fourth-order valence-electron chi connectivity index (χ4n) is 1.98. The van der Waals surface area contributed by atoms with Gasteiger partial charge in [-0.2, -0.15) is 0 Å². The van der Waals surface area contributed by atoms with Gasteiger partial charge in [0.2, 0.25) is 0 Å². The zero-order chi connectivity index (χ0) is 18.3. The number of benzene rings is 1. The summed E-state index contributed by atoms with van der Waals surface area (Å²) in [5.41, 5.74) is 0.635. The highest BCUT2D eigenvalue weighted by Gasteiger charge is 2.35. The van der Waals surface area contributed by atoms with Gasteiger partial charge in [0, 0.05) is 6.42 Å². The number of aliphatic hydroxyl groups is 5. The first kappa shape index (κ1) is 20.0. The molecule has 134 valence electrons. The molecule has 0 radical (unpaired) electrons. The van der Waals surface area contributed by atoms with Crippen LogP contribution < -0.4 is 5.32 Å². The molecule has 0 fully saturated rings. The second-order valence-electron chi connectivity index (χ2n) is 5.27. The summed E-state index contributed by atoms with van der Waals surface area (Å²) in [5.74, 6) is -2.57. The van der Waals surface area contributed by atoms with Crippen molar-refractivity contribution in [2.75, 3.05) is 6.61 Å². The molecular weight excluding hydrogens is 322 g/mol. The average molecular weight is 343 g/mol. The predicted molar refractivity (Wildman–Crippen MR) is 80.8 cm³/mol. The van der Waals surface area contributed by atoms with E-state index in [1.165, 1.54) is 0 Å². The molecule has 9 heteroatoms. The highest BCUT2D eigenvalue weighted by Crippen LogP contribution is 2.08. The Morgan fingerprint density at radius 3 is 2.08 bits per heavy atom. The van der Waals surface area contributed by atoms with Gasteiger partial charge >= 0.3 is 5.97 Å². The molecular formula is C15H21NO8. The number of rotatable bonds is 9. The molecule has 1 aromatic carbocycles. The monoisotopic (exact) mass is 343 g/mol. The molecule has 1 amide bonds. The molecule has 7 N–H and O–H groups in total. The Morgan fingerprint density at radius 2 is 1.58 bits per heavy atom. The van der Waals surface area contributed by atoms with Crippen LogP contribution in [0.2, 0.25) is 0 Å². The number of aliphatic carboxylic acids is 1. The number of carboxylic acids is 1. The van der Waals surface area contributed by atoms with Gasteiger partial charge in [-0.1, -0.05) is 30.3 Å². The number of carboxylic acid groups (broad SMARTS) is 1. The van der Waals surface area contributed by atoms with Crippen molar-refractivity contribution in [1.82, 2.24) is 5.32 Å². The standard InChI is InChI=1S/C15H21NO8/c17-7-10(18)11(19)12(20)13(21)14(22)16-9(15(23)24)6-8-4-2-1-3-5-8/h1-5,9-13,17-21H,6-7H2,(H,16,22)(H,23,24)/t9-,10+,11+,12+,13-/m0/s1. The van der Waals surface area contributed by atoms with Gasteiger partial charge in [-0.15, -0.1) is 0 Å². The molecule has 0 aliphatic carbocycles. The molecule has 0 aromatic heterocycles. The minimum Gasteiger partial charge on any atom is -0.480 e. The number of carbonyl (C=O) groups excluding carboxylic acids is 1. The van der Waals surface area contributed by atoms with Crippen LogP contribution in [0.15, 0.2) is 30.3 Å². The Bertz CT molecular complexity index is 538. The summed E-state index contributed by atoms with van der Waals surface area (Å²) < 4.78 is 0. The fraction of sp³-hybridized carbons (Fsp3) is 0.467. The number of amides is 1. The summed E-state index contributed by atoms with van der Waals surface area (Å²) in [5, 5.41) is 57.9. The second kappa shape index (κ2) is 9.30. The van der Waals surface area contributed by atoms with Crippen molar-refractivity contribution < 1.29 is 40.2 Å². The van der Waals surface area contributed by atoms with Crippen LogP contribution in [-0.4, -0.2) is 79.6 Å². The minimum absolute atomic E-state index is 0.0491. The van der Waals surface area contributed by atoms with E-state index in [1.54, 1.807) is 30.3 Å². The molecule has 0 saturated carbocycles. The second-order valence-corrected chi connectivity index (χ2v) is 5.27. The van der Waals surface area contributed by atoms with Crippen LogP contribution in [-0.2, 0) is 16.0 Å². The Labute approximate surface area is 137 Å². The van der Waals surface area contributed by atoms with Gasteiger partial charge in [0.05, 0.1) is 6.61 Å². The summed E-state index contributed by atoms with van der Waals surface area (Å²) in [6.07, 6.45) is -8.07. The van der Waals surface area contributed by atoms with Crippen LogP contribution in [0.5, 0.6) is 0 Å². The number of carbonyl (C=O) groups is 2. The zero-order valence-electron chi connectivity index (χ0n) is 12.7. The molecule has 0 bridgehead atoms. The van der Waals surface area contributed by atoms with Crippen molar-refractivity contribution in [3.8, 4) is 0 Å². The number of hydrogen-bond acceptors (Lipinski definition) is 7. The summed E-state index contributed by atoms with van der Waals surface area (Å²) in [6.45, 7) is -0.891. The molecule has 5 atom stereocenters. The van der Waals surface area contributed by atoms with Crippen molar-refractivity contribution in [2.24, 2.45) is 0 Å². The fourth-order valence-corrected chi connectivity index (χ4v) is 1.98. The first-order chi connectivity index (χ1) is 11.3. The Morgan fingerprint density at radius 1 is 1.00 bits per heavy atom. The average Bonchev–Trinajstić information content (AvgIpc) is 2.59. The SMILES string of the molecule is O=C(O)[C@H](Cc1ccccc1)NC(=O)[C@@H](O)[C@H](O)[C@H](O)[C@H](O)CO. The molecule has 0 heterocycles. The third-order valence-electron chi connectivity index (χ3n) is 3.42. The highest BCUT2D eigenvalue weighted by atomic mass is 16.4. The summed E-state index contributed by atoms with van der Waals surface area (Å²) in [4.78, 5) is 23.1. The van der Waals surface area contributed by atoms with E-state index in [4.69, 9.17) is 10.2 Å². The van der Waals surface area contributed by atoms with Crippen molar-refractivity contribution in [3.05, 3.63) is 35.9 Å². The minimum atomic E-state index is -2.18. The van der Waals surface area contributed by atoms with Crippen LogP contribution in [0, 0.1) is 0 Å². The van der Waals surface area contributed by atoms with Crippen molar-refractivity contribution in [2.45, 2.75) is 36.9 Å². The molecule has 24 heavy (non-hydrogen) atoms. The van der Waals surface area contributed by atoms with Crippen LogP contribution in [0.4, 0.5) is 0 Å². The van der Waals surface area contributed by atoms with Crippen LogP contribution >= 0.6 is 0 Å². The van der Waals surface area contributed by atoms with E-state index in [0.29, 0.717) is 5.56 Å². The Balaban J connectivity index is 2.72. The normalized spacial score (nSPS) is 17.4. The van der Waals surface area contributed by atoms with Gasteiger partial charge in [-0.05, 0) is 5.56 Å². The largest absolute Gasteiger partial charge is 0.480 e. The van der Waals surface area contributed by atoms with Gasteiger partial charge in [0.15, 0.2) is 6.10 Å². The lowest BCUT2D eigenvalue weighted by atomic mass is 10.0. The Kier molecular flexibility index (Phi) is 7.75. The van der Waals surface area contributed by atoms with Crippen LogP contribution in [0.3, 0.4) is 0 Å². The van der Waals surface area contributed by atoms with Gasteiger partial charge in [-0.25, -0.2) is 4.79 Å². The molecule has 0 aliphatic heterocycles. The van der Waals surface area contributed by atoms with Gasteiger partial charge in [0.25, 0.3) is 5.91 Å². The summed E-state index contributed by atoms with van der Waals surface area (Å²) in [7, 11) is 0. The quantitative estimate of drug-likeness (QED) is 0.253. The van der Waals surface area contributed by atoms with E-state index in [2.05, 4.69) is 5.32 Å². The smallest absolute Gasteiger partial charge is 0.326 e. The summed E-state index contributed by atoms with van der Waals surface area (Å²) in [6, 6.07) is 7.10. The molecule has 1 aromatic rings. The zero-order valence-corrected chi connectivity index (χ0v) is 12.7. The third kappa shape index (κ3) is 5.55. The van der Waals surface area contributed by atoms with Gasteiger partial charge < -0.3 is 36.0 Å². The lowest BCUT2D eigenvalue weighted by molar-refractivity contribution is -0.152. The maximum Gasteiger partial charge on any atom is 0.326 e. The van der Waals surface area contributed by atoms with Crippen molar-refractivity contribution >= 4 is 11.9 Å². The van der Waals surface area contributed by atoms with Crippen LogP contribution in [0.1, 0.15) is 5.56 Å². The topological polar surface area (TPSA) is 168 Å². The maximum atomic E-state index is 11.9. The van der Waals surface area contributed by atoms with E-state index >= 15 is 0 Å². The molecule has 0 saturated heterocycles. The first-order valence-corrected chi connectivity index (χ1v) is 7.18. The van der Waals surface area contributed by atoms with E-state index in [1.807, 2.05) is 0 Å². The van der Waals surface area contributed by atoms with Gasteiger partial charge in [0.1, 0.15) is 24.4 Å². The predicted octanol–water partition coefficient (Wildman–Crippen LogP) is -2.77. The molecule has 0 unspecified atom stereocenters. The Hall–Kier alpha value is -2.04. The number of hydrogen-bond donors (Lipinski definition) is 7. The molecule has 9 nitrogen and oxygen atoms in total. The molecule has 0 spiro atoms. The van der Waals surface area contributed by atoms with E-state index in [9.17, 15) is 30.0 Å². The van der Waals surface area contributed by atoms with Crippen molar-refractivity contribution in [1.29, 1.82) is 0 Å². The van der Waals surface area contributed by atoms with Crippen LogP contribution in [0.25, 0.3) is 0 Å². The van der Waals surface area contributed by atoms with E-state index in [0.717, 1.165) is 0 Å². The van der Waals surface area contributed by atoms with Gasteiger partial charge in [-0.3, -0.25) is 4.79 Å². The van der Waals surface area contributed by atoms with E-state index < -0.39 is 48.9 Å². The highest BCUT2D eigenvalue weighted by molar-refractivity contribution is 5.86. The van der Waals surface area contributed by atoms with E-state index in [-0.39, 0.29) is 6.42 Å². The molecule has 0 aliphatic rings. The maximum absolute atomic E-state index is 11.9. The number of nitrogens with one attached hydrogen (secondary N) is 1. The van der Waals surface area contributed by atoms with Crippen molar-refractivity contribution in [3.63, 3.8) is 0 Å². The first-order valence-electron chi connectivity index (χ1n) is 7.18. The third-order valence-corrected chi connectivity index (χ3v) is 3.42. The molecule has 1 rings (SSSR count). The lowest BCUT2D eigenvalue weighted by Gasteiger charge is -2.26. The lowest BCUT2D eigenvalue weighted by Crippen LogP contribution is -2.54. The number of aliphatic hydroxyl groups excluding tert-OH is 5.